The first-order valence-electron chi connectivity index (χ1n) is 9.25. The highest BCUT2D eigenvalue weighted by Crippen LogP contribution is 2.32. The minimum Gasteiger partial charge on any atom is -0.337 e. The van der Waals surface area contributed by atoms with Gasteiger partial charge in [0, 0.05) is 24.2 Å². The highest BCUT2D eigenvalue weighted by Gasteiger charge is 2.30. The molecule has 0 unspecified atom stereocenters. The lowest BCUT2D eigenvalue weighted by Crippen LogP contribution is -2.43. The van der Waals surface area contributed by atoms with E-state index in [-0.39, 0.29) is 17.7 Å². The Morgan fingerprint density at radius 1 is 1.31 bits per heavy atom. The molecule has 2 aromatic rings. The number of amides is 2. The zero-order valence-corrected chi connectivity index (χ0v) is 15.8. The van der Waals surface area contributed by atoms with Crippen molar-refractivity contribution in [3.8, 4) is 0 Å². The van der Waals surface area contributed by atoms with Gasteiger partial charge in [-0.1, -0.05) is 6.07 Å². The molecule has 5 nitrogen and oxygen atoms in total. The van der Waals surface area contributed by atoms with Crippen LogP contribution in [0, 0.1) is 12.8 Å². The maximum absolute atomic E-state index is 12.9. The summed E-state index contributed by atoms with van der Waals surface area (Å²) in [7, 11) is 0. The van der Waals surface area contributed by atoms with Crippen molar-refractivity contribution in [1.29, 1.82) is 0 Å². The fourth-order valence-corrected chi connectivity index (χ4v) is 5.02. The molecule has 2 amide bonds. The minimum atomic E-state index is -0.180. The van der Waals surface area contributed by atoms with E-state index in [1.807, 2.05) is 24.0 Å². The van der Waals surface area contributed by atoms with Crippen LogP contribution in [-0.4, -0.2) is 34.8 Å². The number of thiophene rings is 1. The van der Waals surface area contributed by atoms with Crippen molar-refractivity contribution < 1.29 is 9.59 Å². The molecule has 1 N–H and O–H groups in total. The van der Waals surface area contributed by atoms with Crippen molar-refractivity contribution in [1.82, 2.24) is 9.88 Å². The average Bonchev–Trinajstić information content (AvgIpc) is 3.25. The number of aryl methyl sites for hydroxylation is 3. The van der Waals surface area contributed by atoms with E-state index in [9.17, 15) is 9.59 Å². The van der Waals surface area contributed by atoms with Crippen LogP contribution in [0.1, 0.15) is 44.9 Å². The van der Waals surface area contributed by atoms with Gasteiger partial charge in [-0.05, 0) is 62.3 Å². The molecule has 1 aliphatic heterocycles. The standard InChI is InChI=1S/C20H23N3O2S/c1-13-5-3-9-21-18(13)22-19(24)15-7-4-10-23(12-15)20(25)17-11-14-6-2-8-16(14)26-17/h3,5,9,11,15H,2,4,6-8,10,12H2,1H3,(H,21,22,24)/t15-/m0/s1. The van der Waals surface area contributed by atoms with Gasteiger partial charge in [-0.2, -0.15) is 0 Å². The van der Waals surface area contributed by atoms with Crippen LogP contribution in [0.3, 0.4) is 0 Å². The van der Waals surface area contributed by atoms with E-state index in [0.717, 1.165) is 42.7 Å². The van der Waals surface area contributed by atoms with Gasteiger partial charge < -0.3 is 10.2 Å². The smallest absolute Gasteiger partial charge is 0.263 e. The number of nitrogens with zero attached hydrogens (tertiary/aromatic N) is 2. The van der Waals surface area contributed by atoms with Gasteiger partial charge in [0.15, 0.2) is 0 Å². The Hall–Kier alpha value is -2.21. The summed E-state index contributed by atoms with van der Waals surface area (Å²) in [6.45, 7) is 3.14. The van der Waals surface area contributed by atoms with Gasteiger partial charge in [-0.25, -0.2) is 4.98 Å². The van der Waals surface area contributed by atoms with Crippen LogP contribution < -0.4 is 5.32 Å². The average molecular weight is 369 g/mol. The Morgan fingerprint density at radius 2 is 2.19 bits per heavy atom. The first-order valence-corrected chi connectivity index (χ1v) is 10.1. The molecule has 2 aromatic heterocycles. The Labute approximate surface area is 157 Å². The quantitative estimate of drug-likeness (QED) is 0.902. The van der Waals surface area contributed by atoms with E-state index in [0.29, 0.717) is 12.4 Å². The molecule has 0 saturated carbocycles. The van der Waals surface area contributed by atoms with Gasteiger partial charge in [-0.15, -0.1) is 11.3 Å². The molecule has 0 radical (unpaired) electrons. The Bertz CT molecular complexity index is 824. The summed E-state index contributed by atoms with van der Waals surface area (Å²) in [5.41, 5.74) is 2.29. The van der Waals surface area contributed by atoms with E-state index in [2.05, 4.69) is 16.4 Å². The van der Waals surface area contributed by atoms with Gasteiger partial charge in [0.1, 0.15) is 5.82 Å². The third kappa shape index (κ3) is 3.38. The normalized spacial score (nSPS) is 19.3. The second-order valence-corrected chi connectivity index (χ2v) is 8.30. The fourth-order valence-electron chi connectivity index (χ4n) is 3.80. The summed E-state index contributed by atoms with van der Waals surface area (Å²) in [5.74, 6) is 0.463. The lowest BCUT2D eigenvalue weighted by molar-refractivity contribution is -0.121. The van der Waals surface area contributed by atoms with Crippen molar-refractivity contribution in [2.24, 2.45) is 5.92 Å². The maximum atomic E-state index is 12.9. The van der Waals surface area contributed by atoms with E-state index in [4.69, 9.17) is 0 Å². The van der Waals surface area contributed by atoms with E-state index >= 15 is 0 Å². The van der Waals surface area contributed by atoms with Crippen molar-refractivity contribution >= 4 is 29.0 Å². The molecule has 1 atom stereocenters. The Balaban J connectivity index is 1.42. The number of hydrogen-bond donors (Lipinski definition) is 1. The van der Waals surface area contributed by atoms with Gasteiger partial charge >= 0.3 is 0 Å². The second kappa shape index (κ2) is 7.19. The second-order valence-electron chi connectivity index (χ2n) is 7.16. The number of piperidine rings is 1. The number of hydrogen-bond acceptors (Lipinski definition) is 4. The summed E-state index contributed by atoms with van der Waals surface area (Å²) in [5, 5.41) is 2.93. The van der Waals surface area contributed by atoms with Crippen molar-refractivity contribution in [2.45, 2.75) is 39.0 Å². The largest absolute Gasteiger partial charge is 0.337 e. The molecular formula is C20H23N3O2S. The minimum absolute atomic E-state index is 0.0435. The van der Waals surface area contributed by atoms with Gasteiger partial charge in [0.05, 0.1) is 10.8 Å². The van der Waals surface area contributed by atoms with Crippen LogP contribution in [0.15, 0.2) is 24.4 Å². The molecule has 2 aliphatic rings. The molecule has 3 heterocycles. The molecule has 0 aromatic carbocycles. The lowest BCUT2D eigenvalue weighted by atomic mass is 9.97. The van der Waals surface area contributed by atoms with Crippen molar-refractivity contribution in [3.63, 3.8) is 0 Å². The predicted molar refractivity (Wildman–Crippen MR) is 103 cm³/mol. The SMILES string of the molecule is Cc1cccnc1NC(=O)[C@H]1CCCN(C(=O)c2cc3c(s2)CCC3)C1. The number of rotatable bonds is 3. The molecule has 1 aliphatic carbocycles. The van der Waals surface area contributed by atoms with Crippen molar-refractivity contribution in [2.75, 3.05) is 18.4 Å². The number of anilines is 1. The fraction of sp³-hybridized carbons (Fsp3) is 0.450. The number of pyridine rings is 1. The highest BCUT2D eigenvalue weighted by molar-refractivity contribution is 7.14. The number of fused-ring (bicyclic) bond motifs is 1. The van der Waals surface area contributed by atoms with Crippen LogP contribution in [0.2, 0.25) is 0 Å². The van der Waals surface area contributed by atoms with E-state index in [1.54, 1.807) is 17.5 Å². The molecule has 1 fully saturated rings. The summed E-state index contributed by atoms with van der Waals surface area (Å²) < 4.78 is 0. The van der Waals surface area contributed by atoms with Gasteiger partial charge in [0.25, 0.3) is 5.91 Å². The number of carbonyl (C=O) groups is 2. The Morgan fingerprint density at radius 3 is 3.00 bits per heavy atom. The lowest BCUT2D eigenvalue weighted by Gasteiger charge is -2.31. The number of carbonyl (C=O) groups excluding carboxylic acids is 2. The third-order valence-electron chi connectivity index (χ3n) is 5.29. The van der Waals surface area contributed by atoms with E-state index < -0.39 is 0 Å². The molecule has 1 saturated heterocycles. The van der Waals surface area contributed by atoms with Crippen LogP contribution in [-0.2, 0) is 17.6 Å². The van der Waals surface area contributed by atoms with E-state index in [1.165, 1.54) is 16.9 Å². The molecular weight excluding hydrogens is 346 g/mol. The molecule has 26 heavy (non-hydrogen) atoms. The van der Waals surface area contributed by atoms with Crippen LogP contribution in [0.4, 0.5) is 5.82 Å². The summed E-state index contributed by atoms with van der Waals surface area (Å²) in [6, 6.07) is 5.84. The van der Waals surface area contributed by atoms with Crippen LogP contribution in [0.5, 0.6) is 0 Å². The number of nitrogens with one attached hydrogen (secondary N) is 1. The van der Waals surface area contributed by atoms with Crippen LogP contribution >= 0.6 is 11.3 Å². The Kier molecular flexibility index (Phi) is 4.76. The monoisotopic (exact) mass is 369 g/mol. The molecule has 0 bridgehead atoms. The predicted octanol–water partition coefficient (Wildman–Crippen LogP) is 3.43. The maximum Gasteiger partial charge on any atom is 0.263 e. The first kappa shape index (κ1) is 17.2. The van der Waals surface area contributed by atoms with Gasteiger partial charge in [-0.3, -0.25) is 9.59 Å². The first-order chi connectivity index (χ1) is 12.6. The molecule has 136 valence electrons. The summed E-state index contributed by atoms with van der Waals surface area (Å²) in [4.78, 5) is 33.8. The topological polar surface area (TPSA) is 62.3 Å². The summed E-state index contributed by atoms with van der Waals surface area (Å²) >= 11 is 1.64. The zero-order valence-electron chi connectivity index (χ0n) is 15.0. The third-order valence-corrected chi connectivity index (χ3v) is 6.51. The zero-order chi connectivity index (χ0) is 18.1. The van der Waals surface area contributed by atoms with Gasteiger partial charge in [0.2, 0.25) is 5.91 Å². The highest BCUT2D eigenvalue weighted by atomic mass is 32.1. The molecule has 0 spiro atoms. The molecule has 6 heteroatoms. The van der Waals surface area contributed by atoms with Crippen molar-refractivity contribution in [3.05, 3.63) is 45.3 Å². The van der Waals surface area contributed by atoms with Crippen LogP contribution in [0.25, 0.3) is 0 Å². The number of aromatic nitrogens is 1. The number of likely N-dealkylation sites (tertiary alicyclic amines) is 1. The summed E-state index contributed by atoms with van der Waals surface area (Å²) in [6.07, 6.45) is 6.73. The molecule has 4 rings (SSSR count).